The van der Waals surface area contributed by atoms with Crippen LogP contribution < -0.4 is 10.9 Å². The van der Waals surface area contributed by atoms with Crippen molar-refractivity contribution < 1.29 is 13.9 Å². The fourth-order valence-corrected chi connectivity index (χ4v) is 1.86. The average Bonchev–Trinajstić information content (AvgIpc) is 2.52. The first-order valence-corrected chi connectivity index (χ1v) is 8.21. The monoisotopic (exact) mass is 412 g/mol. The van der Waals surface area contributed by atoms with Crippen molar-refractivity contribution in [3.05, 3.63) is 44.9 Å². The summed E-state index contributed by atoms with van der Waals surface area (Å²) in [6, 6.07) is 3.79. The van der Waals surface area contributed by atoms with Crippen molar-refractivity contribution in [3.8, 4) is 0 Å². The number of benzene rings is 1. The van der Waals surface area contributed by atoms with Crippen LogP contribution in [0.25, 0.3) is 10.9 Å². The van der Waals surface area contributed by atoms with Gasteiger partial charge in [-0.1, -0.05) is 22.5 Å². The highest BCUT2D eigenvalue weighted by Crippen LogP contribution is 2.23. The number of aryl methyl sites for hydroxylation is 1. The number of carbonyl (C=O) groups is 1. The van der Waals surface area contributed by atoms with Gasteiger partial charge in [-0.3, -0.25) is 0 Å². The van der Waals surface area contributed by atoms with Crippen molar-refractivity contribution in [2.24, 2.45) is 0 Å². The van der Waals surface area contributed by atoms with Gasteiger partial charge < -0.3 is 19.3 Å². The third kappa shape index (κ3) is 7.62. The van der Waals surface area contributed by atoms with Gasteiger partial charge in [-0.25, -0.2) is 4.79 Å². The molecule has 0 unspecified atom stereocenters. The molecule has 0 bridgehead atoms. The zero-order valence-corrected chi connectivity index (χ0v) is 17.1. The summed E-state index contributed by atoms with van der Waals surface area (Å²) < 4.78 is 10.9. The number of anilines is 1. The van der Waals surface area contributed by atoms with Gasteiger partial charge in [-0.2, -0.15) is 4.98 Å². The van der Waals surface area contributed by atoms with Gasteiger partial charge in [0.15, 0.2) is 0 Å². The molecule has 2 aromatic rings. The number of rotatable bonds is 2. The molecule has 0 aliphatic heterocycles. The quantitative estimate of drug-likeness (QED) is 0.784. The Morgan fingerprint density at radius 2 is 1.84 bits per heavy atom. The van der Waals surface area contributed by atoms with E-state index in [9.17, 15) is 4.79 Å². The van der Waals surface area contributed by atoms with Gasteiger partial charge in [0.05, 0.1) is 16.5 Å². The number of halogens is 1. The predicted octanol–water partition coefficient (Wildman–Crippen LogP) is 4.45. The van der Waals surface area contributed by atoms with Crippen LogP contribution in [0.3, 0.4) is 0 Å². The molecule has 0 fully saturated rings. The summed E-state index contributed by atoms with van der Waals surface area (Å²) in [5, 5.41) is 3.28. The van der Waals surface area contributed by atoms with Gasteiger partial charge in [-0.05, 0) is 52.3 Å². The minimum Gasteiger partial charge on any atom is -0.388 e. The van der Waals surface area contributed by atoms with E-state index < -0.39 is 5.63 Å². The molecule has 0 atom stereocenters. The minimum absolute atomic E-state index is 0.0417. The summed E-state index contributed by atoms with van der Waals surface area (Å²) in [6.45, 7) is 15.3. The maximum Gasteiger partial charge on any atom is 0.348 e. The molecule has 0 saturated carbocycles. The zero-order valence-electron chi connectivity index (χ0n) is 15.5. The fraction of sp³-hybridized carbons (Fsp3) is 0.389. The van der Waals surface area contributed by atoms with E-state index in [0.29, 0.717) is 16.6 Å². The molecule has 2 rings (SSSR count). The van der Waals surface area contributed by atoms with E-state index in [-0.39, 0.29) is 11.6 Å². The van der Waals surface area contributed by atoms with Crippen LogP contribution in [0.2, 0.25) is 0 Å². The van der Waals surface area contributed by atoms with Crippen molar-refractivity contribution >= 4 is 39.6 Å². The lowest BCUT2D eigenvalue weighted by atomic mass is 10.1. The van der Waals surface area contributed by atoms with E-state index in [1.165, 1.54) is 0 Å². The Labute approximate surface area is 156 Å². The highest BCUT2D eigenvalue weighted by molar-refractivity contribution is 9.10. The van der Waals surface area contributed by atoms with E-state index >= 15 is 0 Å². The molecule has 0 aliphatic carbocycles. The molecule has 138 valence electrons. The summed E-state index contributed by atoms with van der Waals surface area (Å²) in [4.78, 5) is 24.1. The minimum atomic E-state index is -0.405. The second-order valence-electron chi connectivity index (χ2n) is 6.09. The standard InChI is InChI=1S/C12H11BrN2O2.C5H12O.CH2O/c1-6(2)14-12-15-9-5-4-8(13)7(3)10(9)11(16)17-12;1-5(2,3)6-4;1-2/h4-5H,1H2,2-3H3,(H,14,15);1-4H3;1H2. The number of ether oxygens (including phenoxy) is 1. The summed E-state index contributed by atoms with van der Waals surface area (Å²) in [5.41, 5.74) is 1.72. The van der Waals surface area contributed by atoms with Crippen molar-refractivity contribution in [3.63, 3.8) is 0 Å². The van der Waals surface area contributed by atoms with E-state index in [2.05, 4.69) is 32.8 Å². The highest BCUT2D eigenvalue weighted by atomic mass is 79.9. The van der Waals surface area contributed by atoms with Crippen LogP contribution in [0.4, 0.5) is 6.01 Å². The van der Waals surface area contributed by atoms with Crippen molar-refractivity contribution in [1.29, 1.82) is 0 Å². The number of methoxy groups -OCH3 is 1. The number of nitrogens with one attached hydrogen (secondary N) is 1. The lowest BCUT2D eigenvalue weighted by molar-refractivity contribution is -0.0979. The predicted molar refractivity (Wildman–Crippen MR) is 105 cm³/mol. The first-order chi connectivity index (χ1) is 11.5. The van der Waals surface area contributed by atoms with Crippen molar-refractivity contribution in [1.82, 2.24) is 4.98 Å². The molecule has 1 aromatic carbocycles. The lowest BCUT2D eigenvalue weighted by Crippen LogP contribution is -2.15. The van der Waals surface area contributed by atoms with Crippen molar-refractivity contribution in [2.45, 2.75) is 40.2 Å². The number of nitrogens with zero attached hydrogens (tertiary/aromatic N) is 1. The van der Waals surface area contributed by atoms with Crippen molar-refractivity contribution in [2.75, 3.05) is 12.4 Å². The maximum atomic E-state index is 11.9. The normalized spacial score (nSPS) is 10.2. The Kier molecular flexibility index (Phi) is 9.30. The van der Waals surface area contributed by atoms with E-state index in [1.807, 2.05) is 40.6 Å². The van der Waals surface area contributed by atoms with E-state index in [1.54, 1.807) is 20.1 Å². The van der Waals surface area contributed by atoms with Gasteiger partial charge >= 0.3 is 11.6 Å². The average molecular weight is 413 g/mol. The Bertz CT molecular complexity index is 779. The molecular weight excluding hydrogens is 388 g/mol. The largest absolute Gasteiger partial charge is 0.388 e. The molecule has 1 aromatic heterocycles. The Hall–Kier alpha value is -1.99. The SMILES string of the molecule is C=C(C)Nc1nc2ccc(Br)c(C)c2c(=O)o1.C=O.COC(C)(C)C. The van der Waals surface area contributed by atoms with Crippen LogP contribution in [0.15, 0.2) is 38.1 Å². The molecule has 0 aliphatic rings. The summed E-state index contributed by atoms with van der Waals surface area (Å²) in [6.07, 6.45) is 0. The van der Waals surface area contributed by atoms with Crippen LogP contribution in [-0.4, -0.2) is 24.5 Å². The van der Waals surface area contributed by atoms with Gasteiger partial charge in [0, 0.05) is 17.3 Å². The molecule has 0 amide bonds. The Balaban J connectivity index is 0.000000614. The molecule has 0 radical (unpaired) electrons. The number of hydrogen-bond acceptors (Lipinski definition) is 6. The van der Waals surface area contributed by atoms with Crippen LogP contribution in [0.5, 0.6) is 0 Å². The first-order valence-electron chi connectivity index (χ1n) is 7.41. The maximum absolute atomic E-state index is 11.9. The highest BCUT2D eigenvalue weighted by Gasteiger charge is 2.10. The molecule has 1 heterocycles. The second-order valence-corrected chi connectivity index (χ2v) is 6.95. The first kappa shape index (κ1) is 23.0. The summed E-state index contributed by atoms with van der Waals surface area (Å²) in [5.74, 6) is 0. The van der Waals surface area contributed by atoms with Crippen LogP contribution in [0, 0.1) is 6.92 Å². The summed E-state index contributed by atoms with van der Waals surface area (Å²) >= 11 is 3.37. The zero-order chi connectivity index (χ0) is 19.8. The molecule has 1 N–H and O–H groups in total. The molecule has 7 heteroatoms. The number of fused-ring (bicyclic) bond motifs is 1. The van der Waals surface area contributed by atoms with Gasteiger partial charge in [0.1, 0.15) is 6.79 Å². The molecule has 6 nitrogen and oxygen atoms in total. The molecule has 0 spiro atoms. The number of hydrogen-bond donors (Lipinski definition) is 1. The third-order valence-electron chi connectivity index (χ3n) is 2.93. The molecule has 0 saturated heterocycles. The molecular formula is C18H25BrN2O4. The van der Waals surface area contributed by atoms with Crippen LogP contribution in [-0.2, 0) is 9.53 Å². The van der Waals surface area contributed by atoms with E-state index in [0.717, 1.165) is 10.0 Å². The van der Waals surface area contributed by atoms with Gasteiger partial charge in [0.2, 0.25) is 0 Å². The van der Waals surface area contributed by atoms with Gasteiger partial charge in [-0.15, -0.1) is 0 Å². The third-order valence-corrected chi connectivity index (χ3v) is 3.78. The fourth-order valence-electron chi connectivity index (χ4n) is 1.53. The number of aromatic nitrogens is 1. The van der Waals surface area contributed by atoms with Gasteiger partial charge in [0.25, 0.3) is 0 Å². The topological polar surface area (TPSA) is 81.4 Å². The smallest absolute Gasteiger partial charge is 0.348 e. The molecule has 25 heavy (non-hydrogen) atoms. The number of carbonyl (C=O) groups excluding carboxylic acids is 1. The Morgan fingerprint density at radius 1 is 1.32 bits per heavy atom. The Morgan fingerprint density at radius 3 is 2.28 bits per heavy atom. The van der Waals surface area contributed by atoms with Crippen LogP contribution >= 0.6 is 15.9 Å². The van der Waals surface area contributed by atoms with E-state index in [4.69, 9.17) is 13.9 Å². The number of allylic oxidation sites excluding steroid dienone is 1. The lowest BCUT2D eigenvalue weighted by Gasteiger charge is -2.14. The van der Waals surface area contributed by atoms with Crippen LogP contribution in [0.1, 0.15) is 33.3 Å². The second kappa shape index (κ2) is 10.1. The summed E-state index contributed by atoms with van der Waals surface area (Å²) in [7, 11) is 1.71.